The van der Waals surface area contributed by atoms with Gasteiger partial charge in [0.25, 0.3) is 0 Å². The van der Waals surface area contributed by atoms with Crippen LogP contribution < -0.4 is 11.1 Å². The zero-order valence-corrected chi connectivity index (χ0v) is 16.3. The molecule has 0 saturated heterocycles. The number of rotatable bonds is 11. The Morgan fingerprint density at radius 3 is 2.88 bits per heavy atom. The van der Waals surface area contributed by atoms with Crippen LogP contribution in [-0.2, 0) is 6.54 Å². The predicted molar refractivity (Wildman–Crippen MR) is 107 cm³/mol. The number of aromatic amines is 1. The van der Waals surface area contributed by atoms with Crippen molar-refractivity contribution in [2.75, 3.05) is 23.8 Å². The van der Waals surface area contributed by atoms with Crippen molar-refractivity contribution in [1.29, 1.82) is 0 Å². The first-order valence-electron chi connectivity index (χ1n) is 9.00. The summed E-state index contributed by atoms with van der Waals surface area (Å²) in [5.74, 6) is 2.79. The summed E-state index contributed by atoms with van der Waals surface area (Å²) in [5, 5.41) is 13.9. The standard InChI is InChI=1S/C18H31N5OS/c1-4-5-6-7-25-11-14(18(2,3)24)10-20-8-13-9-21-16-15(13)22-12-23-17(16)19/h9,12,14,20-21,24H,4-8,10-11H2,1-3H3,(H2,19,22,23). The lowest BCUT2D eigenvalue weighted by Gasteiger charge is -2.29. The summed E-state index contributed by atoms with van der Waals surface area (Å²) in [4.78, 5) is 11.4. The molecule has 0 aliphatic carbocycles. The van der Waals surface area contributed by atoms with Gasteiger partial charge in [0, 0.05) is 36.5 Å². The fourth-order valence-electron chi connectivity index (χ4n) is 2.72. The first-order chi connectivity index (χ1) is 11.9. The van der Waals surface area contributed by atoms with Gasteiger partial charge in [-0.3, -0.25) is 0 Å². The minimum Gasteiger partial charge on any atom is -0.390 e. The van der Waals surface area contributed by atoms with E-state index >= 15 is 0 Å². The molecule has 0 amide bonds. The maximum Gasteiger partial charge on any atom is 0.151 e. The summed E-state index contributed by atoms with van der Waals surface area (Å²) >= 11 is 1.94. The minimum atomic E-state index is -0.697. The van der Waals surface area contributed by atoms with Crippen molar-refractivity contribution in [3.05, 3.63) is 18.1 Å². The van der Waals surface area contributed by atoms with Crippen LogP contribution in [0.25, 0.3) is 11.0 Å². The van der Waals surface area contributed by atoms with E-state index in [0.717, 1.165) is 28.9 Å². The van der Waals surface area contributed by atoms with Gasteiger partial charge in [-0.1, -0.05) is 19.8 Å². The van der Waals surface area contributed by atoms with E-state index in [1.165, 1.54) is 31.3 Å². The van der Waals surface area contributed by atoms with Gasteiger partial charge in [0.05, 0.1) is 11.1 Å². The first-order valence-corrected chi connectivity index (χ1v) is 10.2. The van der Waals surface area contributed by atoms with Crippen LogP contribution in [0.4, 0.5) is 5.82 Å². The topological polar surface area (TPSA) is 99.9 Å². The predicted octanol–water partition coefficient (Wildman–Crippen LogP) is 2.94. The van der Waals surface area contributed by atoms with Crippen molar-refractivity contribution in [2.45, 2.75) is 52.2 Å². The molecule has 2 rings (SSSR count). The van der Waals surface area contributed by atoms with Gasteiger partial charge in [0.1, 0.15) is 11.8 Å². The highest BCUT2D eigenvalue weighted by Crippen LogP contribution is 2.23. The van der Waals surface area contributed by atoms with E-state index in [1.54, 1.807) is 0 Å². The van der Waals surface area contributed by atoms with Crippen molar-refractivity contribution in [2.24, 2.45) is 5.92 Å². The molecule has 0 bridgehead atoms. The number of unbranched alkanes of at least 4 members (excludes halogenated alkanes) is 2. The van der Waals surface area contributed by atoms with Crippen molar-refractivity contribution < 1.29 is 5.11 Å². The molecule has 0 fully saturated rings. The molecule has 2 aromatic rings. The van der Waals surface area contributed by atoms with Crippen LogP contribution in [0.2, 0.25) is 0 Å². The number of nitrogen functional groups attached to an aromatic ring is 1. The number of nitrogens with two attached hydrogens (primary N) is 1. The SMILES string of the molecule is CCCCCSCC(CNCc1c[nH]c2c(N)ncnc12)C(C)(C)O. The highest BCUT2D eigenvalue weighted by Gasteiger charge is 2.26. The molecule has 1 atom stereocenters. The van der Waals surface area contributed by atoms with Crippen LogP contribution in [0.1, 0.15) is 45.6 Å². The van der Waals surface area contributed by atoms with Gasteiger partial charge in [-0.15, -0.1) is 0 Å². The maximum absolute atomic E-state index is 10.4. The molecule has 0 aliphatic heterocycles. The molecule has 0 aliphatic rings. The summed E-state index contributed by atoms with van der Waals surface area (Å²) in [6.07, 6.45) is 7.19. The number of hydrogen-bond acceptors (Lipinski definition) is 6. The lowest BCUT2D eigenvalue weighted by molar-refractivity contribution is 0.0271. The number of thioether (sulfide) groups is 1. The van der Waals surface area contributed by atoms with Crippen LogP contribution in [0, 0.1) is 5.92 Å². The van der Waals surface area contributed by atoms with Crippen molar-refractivity contribution in [3.8, 4) is 0 Å². The molecule has 0 spiro atoms. The molecular weight excluding hydrogens is 334 g/mol. The summed E-state index contributed by atoms with van der Waals surface area (Å²) in [7, 11) is 0. The summed E-state index contributed by atoms with van der Waals surface area (Å²) in [5.41, 5.74) is 7.86. The zero-order chi connectivity index (χ0) is 18.3. The zero-order valence-electron chi connectivity index (χ0n) is 15.5. The average molecular weight is 366 g/mol. The lowest BCUT2D eigenvalue weighted by Crippen LogP contribution is -2.40. The Morgan fingerprint density at radius 1 is 1.36 bits per heavy atom. The van der Waals surface area contributed by atoms with Gasteiger partial charge < -0.3 is 21.1 Å². The second-order valence-electron chi connectivity index (χ2n) is 7.06. The van der Waals surface area contributed by atoms with Crippen LogP contribution in [-0.4, -0.2) is 43.7 Å². The Bertz CT molecular complexity index is 652. The molecule has 140 valence electrons. The molecule has 5 N–H and O–H groups in total. The average Bonchev–Trinajstić information content (AvgIpc) is 2.96. The number of nitrogens with one attached hydrogen (secondary N) is 2. The van der Waals surface area contributed by atoms with Crippen LogP contribution in [0.5, 0.6) is 0 Å². The van der Waals surface area contributed by atoms with E-state index in [9.17, 15) is 5.11 Å². The second kappa shape index (κ2) is 9.40. The summed E-state index contributed by atoms with van der Waals surface area (Å²) < 4.78 is 0. The molecule has 2 heterocycles. The van der Waals surface area contributed by atoms with Crippen molar-refractivity contribution in [1.82, 2.24) is 20.3 Å². The third-order valence-corrected chi connectivity index (χ3v) is 5.70. The number of aliphatic hydroxyl groups is 1. The summed E-state index contributed by atoms with van der Waals surface area (Å²) in [6, 6.07) is 0. The van der Waals surface area contributed by atoms with E-state index in [4.69, 9.17) is 5.73 Å². The van der Waals surface area contributed by atoms with E-state index in [0.29, 0.717) is 12.4 Å². The van der Waals surface area contributed by atoms with Gasteiger partial charge >= 0.3 is 0 Å². The van der Waals surface area contributed by atoms with Crippen molar-refractivity contribution >= 4 is 28.6 Å². The van der Waals surface area contributed by atoms with Gasteiger partial charge in [-0.2, -0.15) is 11.8 Å². The second-order valence-corrected chi connectivity index (χ2v) is 8.21. The van der Waals surface area contributed by atoms with E-state index in [2.05, 4.69) is 27.2 Å². The molecular formula is C18H31N5OS. The quantitative estimate of drug-likeness (QED) is 0.457. The summed E-state index contributed by atoms with van der Waals surface area (Å²) in [6.45, 7) is 7.45. The fraction of sp³-hybridized carbons (Fsp3) is 0.667. The van der Waals surface area contributed by atoms with Gasteiger partial charge in [0.2, 0.25) is 0 Å². The molecule has 0 aromatic carbocycles. The number of anilines is 1. The van der Waals surface area contributed by atoms with Crippen LogP contribution in [0.15, 0.2) is 12.5 Å². The molecule has 0 radical (unpaired) electrons. The smallest absolute Gasteiger partial charge is 0.151 e. The minimum absolute atomic E-state index is 0.198. The molecule has 1 unspecified atom stereocenters. The number of fused-ring (bicyclic) bond motifs is 1. The van der Waals surface area contributed by atoms with Crippen LogP contribution in [0.3, 0.4) is 0 Å². The Balaban J connectivity index is 1.86. The molecule has 0 saturated carbocycles. The third kappa shape index (κ3) is 5.87. The fourth-order valence-corrected chi connectivity index (χ4v) is 4.11. The van der Waals surface area contributed by atoms with E-state index < -0.39 is 5.60 Å². The largest absolute Gasteiger partial charge is 0.390 e. The maximum atomic E-state index is 10.4. The highest BCUT2D eigenvalue weighted by atomic mass is 32.2. The number of nitrogens with zero attached hydrogens (tertiary/aromatic N) is 2. The Kier molecular flexibility index (Phi) is 7.53. The number of H-pyrrole nitrogens is 1. The van der Waals surface area contributed by atoms with Crippen molar-refractivity contribution in [3.63, 3.8) is 0 Å². The van der Waals surface area contributed by atoms with Gasteiger partial charge in [0.15, 0.2) is 5.82 Å². The first kappa shape index (κ1) is 20.0. The number of hydrogen-bond donors (Lipinski definition) is 4. The molecule has 7 heteroatoms. The van der Waals surface area contributed by atoms with Crippen LogP contribution >= 0.6 is 11.8 Å². The van der Waals surface area contributed by atoms with E-state index in [1.807, 2.05) is 31.8 Å². The van der Waals surface area contributed by atoms with Gasteiger partial charge in [-0.05, 0) is 26.0 Å². The van der Waals surface area contributed by atoms with E-state index in [-0.39, 0.29) is 5.92 Å². The lowest BCUT2D eigenvalue weighted by atomic mass is 9.93. The van der Waals surface area contributed by atoms with Gasteiger partial charge in [-0.25, -0.2) is 9.97 Å². The Hall–Kier alpha value is -1.31. The third-order valence-electron chi connectivity index (χ3n) is 4.49. The molecule has 6 nitrogen and oxygen atoms in total. The monoisotopic (exact) mass is 365 g/mol. The highest BCUT2D eigenvalue weighted by molar-refractivity contribution is 7.99. The number of aromatic nitrogens is 3. The molecule has 2 aromatic heterocycles. The normalized spacial score (nSPS) is 13.4. The Labute approximate surface area is 154 Å². The molecule has 25 heavy (non-hydrogen) atoms. The Morgan fingerprint density at radius 2 is 2.16 bits per heavy atom.